The van der Waals surface area contributed by atoms with Crippen molar-refractivity contribution in [2.75, 3.05) is 33.4 Å². The molecule has 2 amide bonds. The van der Waals surface area contributed by atoms with Gasteiger partial charge >= 0.3 is 0 Å². The number of aromatic nitrogens is 2. The molecule has 1 saturated heterocycles. The van der Waals surface area contributed by atoms with E-state index in [0.29, 0.717) is 37.8 Å². The van der Waals surface area contributed by atoms with Gasteiger partial charge < -0.3 is 19.1 Å². The van der Waals surface area contributed by atoms with Crippen LogP contribution in [0.15, 0.2) is 33.3 Å². The van der Waals surface area contributed by atoms with E-state index in [1.54, 1.807) is 16.9 Å². The first-order valence-corrected chi connectivity index (χ1v) is 12.0. The van der Waals surface area contributed by atoms with Crippen molar-refractivity contribution in [1.82, 2.24) is 19.9 Å². The quantitative estimate of drug-likeness (QED) is 0.479. The molecule has 3 rings (SSSR count). The highest BCUT2D eigenvalue weighted by Crippen LogP contribution is 2.31. The van der Waals surface area contributed by atoms with Crippen molar-refractivity contribution in [2.45, 2.75) is 51.5 Å². The van der Waals surface area contributed by atoms with Crippen molar-refractivity contribution in [1.29, 1.82) is 0 Å². The van der Waals surface area contributed by atoms with E-state index in [1.165, 1.54) is 0 Å². The normalized spacial score (nSPS) is 16.2. The maximum atomic E-state index is 13.2. The van der Waals surface area contributed by atoms with Crippen LogP contribution < -0.4 is 0 Å². The van der Waals surface area contributed by atoms with E-state index >= 15 is 0 Å². The molecule has 0 unspecified atom stereocenters. The average molecular weight is 507 g/mol. The third kappa shape index (κ3) is 6.38. The van der Waals surface area contributed by atoms with Gasteiger partial charge in [0.25, 0.3) is 0 Å². The number of rotatable bonds is 10. The second-order valence-corrected chi connectivity index (χ2v) is 8.89. The van der Waals surface area contributed by atoms with Crippen molar-refractivity contribution in [3.05, 3.63) is 34.6 Å². The van der Waals surface area contributed by atoms with Gasteiger partial charge in [-0.3, -0.25) is 9.59 Å². The minimum Gasteiger partial charge on any atom is -0.383 e. The Bertz CT molecular complexity index is 886. The van der Waals surface area contributed by atoms with E-state index in [1.807, 2.05) is 31.2 Å². The summed E-state index contributed by atoms with van der Waals surface area (Å²) in [4.78, 5) is 33.8. The minimum atomic E-state index is -0.275. The molecule has 2 heterocycles. The molecule has 0 bridgehead atoms. The first kappa shape index (κ1) is 24.4. The molecule has 2 aromatic rings. The number of methoxy groups -OCH3 is 1. The lowest BCUT2D eigenvalue weighted by molar-refractivity contribution is -0.143. The van der Waals surface area contributed by atoms with Crippen LogP contribution in [-0.2, 0) is 14.3 Å². The topological polar surface area (TPSA) is 88.8 Å². The maximum absolute atomic E-state index is 13.2. The van der Waals surface area contributed by atoms with E-state index in [2.05, 4.69) is 26.1 Å². The Kier molecular flexibility index (Phi) is 9.23. The Morgan fingerprint density at radius 1 is 1.28 bits per heavy atom. The number of hydrogen-bond acceptors (Lipinski definition) is 6. The fraction of sp³-hybridized carbons (Fsp3) is 0.565. The van der Waals surface area contributed by atoms with Crippen LogP contribution in [0.25, 0.3) is 11.4 Å². The van der Waals surface area contributed by atoms with Gasteiger partial charge in [-0.05, 0) is 49.9 Å². The van der Waals surface area contributed by atoms with Crippen LogP contribution in [0.1, 0.15) is 57.4 Å². The number of carbonyl (C=O) groups excluding carboxylic acids is 2. The maximum Gasteiger partial charge on any atom is 0.249 e. The molecule has 1 fully saturated rings. The van der Waals surface area contributed by atoms with Gasteiger partial charge in [0, 0.05) is 36.7 Å². The molecule has 0 radical (unpaired) electrons. The monoisotopic (exact) mass is 506 g/mol. The number of benzene rings is 1. The van der Waals surface area contributed by atoms with Crippen LogP contribution in [0.2, 0.25) is 0 Å². The highest BCUT2D eigenvalue weighted by atomic mass is 79.9. The zero-order chi connectivity index (χ0) is 22.9. The smallest absolute Gasteiger partial charge is 0.249 e. The average Bonchev–Trinajstić information content (AvgIpc) is 3.30. The number of hydrogen-bond donors (Lipinski definition) is 0. The number of halogens is 1. The number of nitrogens with zero attached hydrogens (tertiary/aromatic N) is 4. The zero-order valence-corrected chi connectivity index (χ0v) is 20.3. The summed E-state index contributed by atoms with van der Waals surface area (Å²) in [6, 6.07) is 7.40. The third-order valence-electron chi connectivity index (χ3n) is 5.64. The van der Waals surface area contributed by atoms with Crippen molar-refractivity contribution >= 4 is 27.7 Å². The molecule has 174 valence electrons. The fourth-order valence-electron chi connectivity index (χ4n) is 3.81. The Morgan fingerprint density at radius 3 is 2.78 bits per heavy atom. The minimum absolute atomic E-state index is 0.0128. The van der Waals surface area contributed by atoms with Crippen molar-refractivity contribution in [2.24, 2.45) is 0 Å². The van der Waals surface area contributed by atoms with Gasteiger partial charge in [-0.2, -0.15) is 4.98 Å². The summed E-state index contributed by atoms with van der Waals surface area (Å²) in [7, 11) is 1.59. The number of carbonyl (C=O) groups is 2. The second-order valence-electron chi connectivity index (χ2n) is 7.97. The first-order valence-electron chi connectivity index (χ1n) is 11.2. The molecular formula is C23H31BrN4O4. The first-order chi connectivity index (χ1) is 15.5. The van der Waals surface area contributed by atoms with E-state index < -0.39 is 0 Å². The fourth-order valence-corrected chi connectivity index (χ4v) is 4.07. The van der Waals surface area contributed by atoms with Crippen molar-refractivity contribution in [3.63, 3.8) is 0 Å². The largest absolute Gasteiger partial charge is 0.383 e. The van der Waals surface area contributed by atoms with Gasteiger partial charge in [0.15, 0.2) is 0 Å². The molecule has 1 aliphatic heterocycles. The third-order valence-corrected chi connectivity index (χ3v) is 6.17. The van der Waals surface area contributed by atoms with Crippen LogP contribution in [0.4, 0.5) is 0 Å². The number of piperidine rings is 1. The summed E-state index contributed by atoms with van der Waals surface area (Å²) in [5.41, 5.74) is 0.851. The molecule has 1 atom stereocenters. The summed E-state index contributed by atoms with van der Waals surface area (Å²) in [5.74, 6) is 0.832. The van der Waals surface area contributed by atoms with Gasteiger partial charge in [0.05, 0.1) is 13.2 Å². The van der Waals surface area contributed by atoms with Gasteiger partial charge in [0.2, 0.25) is 23.5 Å². The predicted octanol–water partition coefficient (Wildman–Crippen LogP) is 4.22. The summed E-state index contributed by atoms with van der Waals surface area (Å²) in [6.07, 6.45) is 4.84. The van der Waals surface area contributed by atoms with E-state index in [9.17, 15) is 9.59 Å². The molecule has 0 spiro atoms. The molecule has 32 heavy (non-hydrogen) atoms. The highest BCUT2D eigenvalue weighted by molar-refractivity contribution is 9.10. The van der Waals surface area contributed by atoms with E-state index in [-0.39, 0.29) is 24.4 Å². The summed E-state index contributed by atoms with van der Waals surface area (Å²) < 4.78 is 11.7. The summed E-state index contributed by atoms with van der Waals surface area (Å²) in [6.45, 7) is 3.49. The molecule has 9 heteroatoms. The SMILES string of the molecule is CCCCC(=O)N(CCOC)CC(=O)N1CCCC[C@H]1c1nc(-c2ccc(Br)cc2)no1. The number of likely N-dealkylation sites (tertiary alicyclic amines) is 1. The lowest BCUT2D eigenvalue weighted by Crippen LogP contribution is -2.46. The molecule has 0 N–H and O–H groups in total. The van der Waals surface area contributed by atoms with Crippen LogP contribution in [0.5, 0.6) is 0 Å². The van der Waals surface area contributed by atoms with Crippen molar-refractivity contribution < 1.29 is 18.8 Å². The molecule has 1 aromatic heterocycles. The lowest BCUT2D eigenvalue weighted by Gasteiger charge is -2.35. The molecule has 0 aliphatic carbocycles. The van der Waals surface area contributed by atoms with Gasteiger partial charge in [-0.1, -0.05) is 34.4 Å². The number of amides is 2. The molecule has 8 nitrogen and oxygen atoms in total. The molecular weight excluding hydrogens is 476 g/mol. The second kappa shape index (κ2) is 12.1. The molecule has 1 aromatic carbocycles. The lowest BCUT2D eigenvalue weighted by atomic mass is 10.0. The highest BCUT2D eigenvalue weighted by Gasteiger charge is 2.33. The van der Waals surface area contributed by atoms with E-state index in [4.69, 9.17) is 9.26 Å². The Hall–Kier alpha value is -2.26. The van der Waals surface area contributed by atoms with Crippen LogP contribution in [-0.4, -0.2) is 65.1 Å². The Morgan fingerprint density at radius 2 is 2.06 bits per heavy atom. The predicted molar refractivity (Wildman–Crippen MR) is 124 cm³/mol. The van der Waals surface area contributed by atoms with Gasteiger partial charge in [-0.15, -0.1) is 0 Å². The Balaban J connectivity index is 1.73. The summed E-state index contributed by atoms with van der Waals surface area (Å²) in [5, 5.41) is 4.13. The van der Waals surface area contributed by atoms with Crippen LogP contribution in [0, 0.1) is 0 Å². The Labute approximate surface area is 197 Å². The number of ether oxygens (including phenoxy) is 1. The zero-order valence-electron chi connectivity index (χ0n) is 18.8. The van der Waals surface area contributed by atoms with Gasteiger partial charge in [0.1, 0.15) is 6.04 Å². The van der Waals surface area contributed by atoms with Gasteiger partial charge in [-0.25, -0.2) is 0 Å². The number of unbranched alkanes of at least 4 members (excludes halogenated alkanes) is 1. The van der Waals surface area contributed by atoms with Crippen LogP contribution in [0.3, 0.4) is 0 Å². The van der Waals surface area contributed by atoms with Crippen LogP contribution >= 0.6 is 15.9 Å². The van der Waals surface area contributed by atoms with Crippen molar-refractivity contribution in [3.8, 4) is 11.4 Å². The van der Waals surface area contributed by atoms with E-state index in [0.717, 1.165) is 42.1 Å². The summed E-state index contributed by atoms with van der Waals surface area (Å²) >= 11 is 3.42. The standard InChI is InChI=1S/C23H31BrN4O4/c1-3-4-8-20(29)27(14-15-31-2)16-21(30)28-13-6-5-7-19(28)23-25-22(26-32-23)17-9-11-18(24)12-10-17/h9-12,19H,3-8,13-16H2,1-2H3/t19-/m0/s1. The molecule has 1 aliphatic rings. The molecule has 0 saturated carbocycles.